The molecular formula is C20H27N3O7S. The normalized spacial score (nSPS) is 20.1. The van der Waals surface area contributed by atoms with Gasteiger partial charge in [0.2, 0.25) is 11.8 Å². The zero-order valence-electron chi connectivity index (χ0n) is 17.9. The van der Waals surface area contributed by atoms with Crippen molar-refractivity contribution in [2.24, 2.45) is 5.92 Å². The number of amides is 4. The van der Waals surface area contributed by atoms with Gasteiger partial charge in [-0.25, -0.2) is 0 Å². The van der Waals surface area contributed by atoms with Gasteiger partial charge >= 0.3 is 0 Å². The van der Waals surface area contributed by atoms with E-state index in [4.69, 9.17) is 0 Å². The van der Waals surface area contributed by atoms with Crippen molar-refractivity contribution in [1.29, 1.82) is 0 Å². The van der Waals surface area contributed by atoms with Crippen LogP contribution in [0, 0.1) is 5.92 Å². The summed E-state index contributed by atoms with van der Waals surface area (Å²) in [6.45, 7) is 5.01. The molecule has 1 aromatic carbocycles. The topological polar surface area (TPSA) is 139 Å². The molecular weight excluding hydrogens is 426 g/mol. The third-order valence-electron chi connectivity index (χ3n) is 4.60. The molecule has 31 heavy (non-hydrogen) atoms. The molecule has 2 N–H and O–H groups in total. The summed E-state index contributed by atoms with van der Waals surface area (Å²) in [6.07, 6.45) is 0.454. The van der Waals surface area contributed by atoms with Crippen molar-refractivity contribution in [3.05, 3.63) is 35.9 Å². The maximum atomic E-state index is 13.1. The molecule has 1 saturated heterocycles. The predicted octanol–water partition coefficient (Wildman–Crippen LogP) is 0.285. The highest BCUT2D eigenvalue weighted by Crippen LogP contribution is 2.30. The van der Waals surface area contributed by atoms with Crippen LogP contribution in [0.5, 0.6) is 0 Å². The number of hydrogen-bond acceptors (Lipinski definition) is 7. The van der Waals surface area contributed by atoms with Crippen LogP contribution in [0.1, 0.15) is 39.2 Å². The van der Waals surface area contributed by atoms with Crippen LogP contribution in [0.3, 0.4) is 0 Å². The summed E-state index contributed by atoms with van der Waals surface area (Å²) in [5.41, 5.74) is -1.11. The summed E-state index contributed by atoms with van der Waals surface area (Å²) in [6, 6.07) is 7.73. The molecule has 0 unspecified atom stereocenters. The van der Waals surface area contributed by atoms with Gasteiger partial charge in [-0.1, -0.05) is 44.2 Å². The van der Waals surface area contributed by atoms with Crippen molar-refractivity contribution < 1.29 is 31.9 Å². The molecule has 0 saturated carbocycles. The lowest BCUT2D eigenvalue weighted by molar-refractivity contribution is -0.166. The summed E-state index contributed by atoms with van der Waals surface area (Å²) < 4.78 is 27.6. The van der Waals surface area contributed by atoms with Crippen LogP contribution in [-0.2, 0) is 40.0 Å². The molecule has 1 aliphatic heterocycles. The van der Waals surface area contributed by atoms with E-state index in [9.17, 15) is 27.6 Å². The van der Waals surface area contributed by atoms with Gasteiger partial charge in [-0.2, -0.15) is 8.42 Å². The third kappa shape index (κ3) is 6.59. The molecule has 1 aromatic rings. The van der Waals surface area contributed by atoms with E-state index in [1.54, 1.807) is 30.3 Å². The SMILES string of the molecule is CC(=O)N[C@H](CC(C)C)C(=O)N[C@]1(Cc2ccccc2)CC(=O)N(OS(C)(=O)=O)C1=O. The zero-order chi connectivity index (χ0) is 23.4. The molecule has 1 heterocycles. The Morgan fingerprint density at radius 1 is 1.19 bits per heavy atom. The van der Waals surface area contributed by atoms with E-state index < -0.39 is 51.7 Å². The van der Waals surface area contributed by atoms with Gasteiger partial charge in [0.15, 0.2) is 0 Å². The van der Waals surface area contributed by atoms with Crippen molar-refractivity contribution in [2.45, 2.75) is 51.6 Å². The molecule has 0 bridgehead atoms. The number of rotatable bonds is 9. The second-order valence-electron chi connectivity index (χ2n) is 8.07. The van der Waals surface area contributed by atoms with Gasteiger partial charge in [0.05, 0.1) is 12.7 Å². The Labute approximate surface area is 181 Å². The molecule has 1 fully saturated rings. The van der Waals surface area contributed by atoms with Crippen molar-refractivity contribution in [1.82, 2.24) is 15.7 Å². The lowest BCUT2D eigenvalue weighted by atomic mass is 9.88. The first-order valence-corrected chi connectivity index (χ1v) is 11.5. The van der Waals surface area contributed by atoms with Crippen LogP contribution in [0.15, 0.2) is 30.3 Å². The molecule has 0 aliphatic carbocycles. The van der Waals surface area contributed by atoms with Gasteiger partial charge in [0, 0.05) is 13.3 Å². The van der Waals surface area contributed by atoms with Gasteiger partial charge in [-0.05, 0) is 17.9 Å². The van der Waals surface area contributed by atoms with Gasteiger partial charge < -0.3 is 10.6 Å². The van der Waals surface area contributed by atoms with Crippen LogP contribution in [0.25, 0.3) is 0 Å². The Kier molecular flexibility index (Phi) is 7.55. The van der Waals surface area contributed by atoms with Gasteiger partial charge in [0.1, 0.15) is 11.6 Å². The van der Waals surface area contributed by atoms with Gasteiger partial charge in [-0.15, -0.1) is 9.35 Å². The lowest BCUT2D eigenvalue weighted by Gasteiger charge is -2.30. The van der Waals surface area contributed by atoms with Crippen LogP contribution in [0.4, 0.5) is 0 Å². The standard InChI is InChI=1S/C20H27N3O7S/c1-13(2)10-16(21-14(3)24)18(26)22-20(11-15-8-6-5-7-9-15)12-17(25)23(19(20)27)30-31(4,28)29/h5-9,13,16H,10-12H2,1-4H3,(H,21,24)(H,22,26)/t16-,20-/m1/s1. The van der Waals surface area contributed by atoms with E-state index in [1.807, 2.05) is 13.8 Å². The molecule has 170 valence electrons. The number of nitrogens with zero attached hydrogens (tertiary/aromatic N) is 1. The summed E-state index contributed by atoms with van der Waals surface area (Å²) >= 11 is 0. The van der Waals surface area contributed by atoms with Gasteiger partial charge in [-0.3, -0.25) is 19.2 Å². The van der Waals surface area contributed by atoms with Crippen LogP contribution >= 0.6 is 0 Å². The maximum Gasteiger partial charge on any atom is 0.285 e. The molecule has 0 aromatic heterocycles. The fraction of sp³-hybridized carbons (Fsp3) is 0.500. The van der Waals surface area contributed by atoms with Crippen molar-refractivity contribution in [3.8, 4) is 0 Å². The van der Waals surface area contributed by atoms with Crippen molar-refractivity contribution in [3.63, 3.8) is 0 Å². The largest absolute Gasteiger partial charge is 0.345 e. The number of benzene rings is 1. The second kappa shape index (κ2) is 9.56. The Hall–Kier alpha value is -2.79. The molecule has 2 rings (SSSR count). The number of hydroxylamine groups is 2. The van der Waals surface area contributed by atoms with E-state index in [0.717, 1.165) is 0 Å². The predicted molar refractivity (Wildman–Crippen MR) is 110 cm³/mol. The Balaban J connectivity index is 2.41. The van der Waals surface area contributed by atoms with E-state index in [-0.39, 0.29) is 17.4 Å². The van der Waals surface area contributed by atoms with E-state index in [2.05, 4.69) is 14.9 Å². The third-order valence-corrected chi connectivity index (χ3v) is 5.02. The molecule has 1 aliphatic rings. The highest BCUT2D eigenvalue weighted by Gasteiger charge is 2.55. The van der Waals surface area contributed by atoms with Gasteiger partial charge in [0.25, 0.3) is 21.9 Å². The summed E-state index contributed by atoms with van der Waals surface area (Å²) in [7, 11) is -4.16. The molecule has 10 nitrogen and oxygen atoms in total. The highest BCUT2D eigenvalue weighted by atomic mass is 32.2. The first-order valence-electron chi connectivity index (χ1n) is 9.73. The Morgan fingerprint density at radius 2 is 1.81 bits per heavy atom. The Morgan fingerprint density at radius 3 is 2.32 bits per heavy atom. The zero-order valence-corrected chi connectivity index (χ0v) is 18.7. The second-order valence-corrected chi connectivity index (χ2v) is 9.62. The van der Waals surface area contributed by atoms with E-state index in [0.29, 0.717) is 18.2 Å². The Bertz CT molecular complexity index is 962. The number of imide groups is 1. The fourth-order valence-corrected chi connectivity index (χ4v) is 3.84. The molecule has 11 heteroatoms. The number of nitrogens with one attached hydrogen (secondary N) is 2. The highest BCUT2D eigenvalue weighted by molar-refractivity contribution is 7.85. The van der Waals surface area contributed by atoms with Crippen LogP contribution < -0.4 is 10.6 Å². The smallest absolute Gasteiger partial charge is 0.285 e. The minimum absolute atomic E-state index is 0.0543. The monoisotopic (exact) mass is 453 g/mol. The van der Waals surface area contributed by atoms with E-state index >= 15 is 0 Å². The molecule has 4 amide bonds. The van der Waals surface area contributed by atoms with E-state index in [1.165, 1.54) is 6.92 Å². The molecule has 0 radical (unpaired) electrons. The summed E-state index contributed by atoms with van der Waals surface area (Å²) in [4.78, 5) is 50.2. The average molecular weight is 454 g/mol. The minimum atomic E-state index is -4.16. The van der Waals surface area contributed by atoms with Crippen LogP contribution in [-0.4, -0.2) is 54.9 Å². The fourth-order valence-electron chi connectivity index (χ4n) is 3.42. The summed E-state index contributed by atoms with van der Waals surface area (Å²) in [5, 5.41) is 5.34. The molecule has 0 spiro atoms. The summed E-state index contributed by atoms with van der Waals surface area (Å²) in [5.74, 6) is -2.91. The maximum absolute atomic E-state index is 13.1. The van der Waals surface area contributed by atoms with Crippen molar-refractivity contribution >= 4 is 33.7 Å². The van der Waals surface area contributed by atoms with Crippen molar-refractivity contribution in [2.75, 3.05) is 6.26 Å². The lowest BCUT2D eigenvalue weighted by Crippen LogP contribution is -2.60. The number of carbonyl (C=O) groups excluding carboxylic acids is 4. The number of hydrogen-bond donors (Lipinski definition) is 2. The first kappa shape index (κ1) is 24.5. The number of carbonyl (C=O) groups is 4. The quantitative estimate of drug-likeness (QED) is 0.512. The molecule has 2 atom stereocenters. The first-order chi connectivity index (χ1) is 14.3. The minimum Gasteiger partial charge on any atom is -0.345 e. The average Bonchev–Trinajstić information content (AvgIpc) is 2.84. The van der Waals surface area contributed by atoms with Crippen LogP contribution in [0.2, 0.25) is 0 Å².